The normalized spacial score (nSPS) is 16.6. The second-order valence-corrected chi connectivity index (χ2v) is 14.8. The Morgan fingerprint density at radius 3 is 0.588 bits per heavy atom. The Morgan fingerprint density at radius 2 is 0.441 bits per heavy atom. The maximum atomic E-state index is 2.42. The molecule has 0 spiro atoms. The van der Waals surface area contributed by atoms with E-state index in [-0.39, 0.29) is 47.3 Å². The van der Waals surface area contributed by atoms with Crippen LogP contribution >= 0.6 is 0 Å². The van der Waals surface area contributed by atoms with Gasteiger partial charge in [-0.2, -0.15) is 0 Å². The first-order valence-electron chi connectivity index (χ1n) is 12.8. The SMILES string of the molecule is C.C.C/C(=C(\C)C(C)(C)/C(C)=C(/C)C(C)(C)C(C)(C)C)C(C)(C)/C(C)=C(/C)C(C)(C)C(C)(C)C. The van der Waals surface area contributed by atoms with Crippen molar-refractivity contribution in [1.29, 1.82) is 0 Å². The van der Waals surface area contributed by atoms with Crippen molar-refractivity contribution in [2.24, 2.45) is 32.5 Å². The monoisotopic (exact) mass is 477 g/mol. The topological polar surface area (TPSA) is 0 Å². The zero-order chi connectivity index (χ0) is 26.5. The molecule has 204 valence electrons. The van der Waals surface area contributed by atoms with Gasteiger partial charge in [-0.1, -0.05) is 145 Å². The van der Waals surface area contributed by atoms with Crippen LogP contribution in [-0.4, -0.2) is 0 Å². The Balaban J connectivity index is -0.00000480. The van der Waals surface area contributed by atoms with Crippen LogP contribution in [0.3, 0.4) is 0 Å². The fraction of sp³-hybridized carbons (Fsp3) is 0.824. The number of allylic oxidation sites excluding steroid dienone is 6. The third-order valence-corrected chi connectivity index (χ3v) is 11.1. The van der Waals surface area contributed by atoms with Crippen LogP contribution < -0.4 is 0 Å². The van der Waals surface area contributed by atoms with Crippen molar-refractivity contribution in [3.05, 3.63) is 33.4 Å². The smallest absolute Gasteiger partial charge is 0.00641 e. The van der Waals surface area contributed by atoms with Gasteiger partial charge in [0.2, 0.25) is 0 Å². The highest BCUT2D eigenvalue weighted by molar-refractivity contribution is 5.39. The highest BCUT2D eigenvalue weighted by Crippen LogP contribution is 2.52. The summed E-state index contributed by atoms with van der Waals surface area (Å²) in [7, 11) is 0. The molecule has 0 rings (SSSR count). The van der Waals surface area contributed by atoms with Crippen LogP contribution in [0.5, 0.6) is 0 Å². The molecule has 34 heavy (non-hydrogen) atoms. The lowest BCUT2D eigenvalue weighted by atomic mass is 9.60. The van der Waals surface area contributed by atoms with Gasteiger partial charge in [-0.15, -0.1) is 0 Å². The first-order chi connectivity index (χ1) is 13.7. The average molecular weight is 477 g/mol. The van der Waals surface area contributed by atoms with Gasteiger partial charge in [0.15, 0.2) is 0 Å². The van der Waals surface area contributed by atoms with Gasteiger partial charge in [-0.3, -0.25) is 0 Å². The minimum absolute atomic E-state index is 0. The van der Waals surface area contributed by atoms with Crippen LogP contribution in [0.25, 0.3) is 0 Å². The molecule has 0 saturated carbocycles. The Morgan fingerprint density at radius 1 is 0.294 bits per heavy atom. The van der Waals surface area contributed by atoms with Crippen molar-refractivity contribution in [3.63, 3.8) is 0 Å². The molecule has 0 N–H and O–H groups in total. The van der Waals surface area contributed by atoms with E-state index in [0.717, 1.165) is 0 Å². The summed E-state index contributed by atoms with van der Waals surface area (Å²) in [5.74, 6) is 0. The molecule has 0 atom stereocenters. The zero-order valence-electron chi connectivity index (χ0n) is 26.0. The largest absolute Gasteiger partial charge is 0.0776 e. The number of hydrogen-bond donors (Lipinski definition) is 0. The van der Waals surface area contributed by atoms with Crippen molar-refractivity contribution in [2.75, 3.05) is 0 Å². The van der Waals surface area contributed by atoms with Crippen molar-refractivity contribution in [1.82, 2.24) is 0 Å². The molecule has 0 amide bonds. The lowest BCUT2D eigenvalue weighted by molar-refractivity contribution is 0.173. The van der Waals surface area contributed by atoms with Gasteiger partial charge >= 0.3 is 0 Å². The van der Waals surface area contributed by atoms with Crippen molar-refractivity contribution < 1.29 is 0 Å². The first-order valence-corrected chi connectivity index (χ1v) is 12.8. The van der Waals surface area contributed by atoms with E-state index in [1.165, 1.54) is 33.4 Å². The molecule has 0 aliphatic heterocycles. The molecule has 0 saturated heterocycles. The summed E-state index contributed by atoms with van der Waals surface area (Å²) in [5, 5.41) is 0. The zero-order valence-corrected chi connectivity index (χ0v) is 26.0. The van der Waals surface area contributed by atoms with E-state index in [0.29, 0.717) is 0 Å². The van der Waals surface area contributed by atoms with Crippen LogP contribution in [0.1, 0.15) is 153 Å². The van der Waals surface area contributed by atoms with Gasteiger partial charge in [-0.25, -0.2) is 0 Å². The highest BCUT2D eigenvalue weighted by Gasteiger charge is 2.40. The quantitative estimate of drug-likeness (QED) is 0.334. The Kier molecular flexibility index (Phi) is 12.3. The Bertz CT molecular complexity index is 716. The van der Waals surface area contributed by atoms with E-state index in [4.69, 9.17) is 0 Å². The van der Waals surface area contributed by atoms with Crippen LogP contribution in [0, 0.1) is 32.5 Å². The van der Waals surface area contributed by atoms with Crippen LogP contribution in [0.4, 0.5) is 0 Å². The van der Waals surface area contributed by atoms with E-state index in [2.05, 4.69) is 138 Å². The summed E-state index contributed by atoms with van der Waals surface area (Å²) < 4.78 is 0. The summed E-state index contributed by atoms with van der Waals surface area (Å²) in [4.78, 5) is 0. The van der Waals surface area contributed by atoms with Gasteiger partial charge in [0.1, 0.15) is 0 Å². The highest BCUT2D eigenvalue weighted by atomic mass is 14.5. The van der Waals surface area contributed by atoms with Crippen molar-refractivity contribution >= 4 is 0 Å². The molecular weight excluding hydrogens is 408 g/mol. The molecule has 0 bridgehead atoms. The molecule has 0 fully saturated rings. The summed E-state index contributed by atoms with van der Waals surface area (Å²) in [6.45, 7) is 47.7. The first kappa shape index (κ1) is 37.8. The molecule has 0 heteroatoms. The maximum Gasteiger partial charge on any atom is 0.00641 e. The minimum Gasteiger partial charge on any atom is -0.0776 e. The van der Waals surface area contributed by atoms with Gasteiger partial charge in [0.05, 0.1) is 0 Å². The van der Waals surface area contributed by atoms with E-state index in [1.54, 1.807) is 0 Å². The standard InChI is InChI=1S/C32H60.2CH4/c1-21(29(13,14)23(3)25(5)31(17,18)27(7,8)9)22(2)30(15,16)24(4)26(6)32(19,20)28(10,11)12;;/h1-20H3;2*1H4/b22-21-,25-23-,26-24-;;. The molecule has 0 unspecified atom stereocenters. The summed E-state index contributed by atoms with van der Waals surface area (Å²) in [6.07, 6.45) is 0. The Hall–Kier alpha value is -0.780. The van der Waals surface area contributed by atoms with Crippen LogP contribution in [0.15, 0.2) is 33.4 Å². The molecule has 0 heterocycles. The fourth-order valence-electron chi connectivity index (χ4n) is 4.50. The number of hydrogen-bond acceptors (Lipinski definition) is 0. The molecule has 0 aromatic rings. The molecule has 0 nitrogen and oxygen atoms in total. The van der Waals surface area contributed by atoms with Gasteiger partial charge < -0.3 is 0 Å². The molecular formula is C34H68. The van der Waals surface area contributed by atoms with E-state index in [1.807, 2.05) is 0 Å². The predicted octanol–water partition coefficient (Wildman–Crippen LogP) is 12.5. The lowest BCUT2D eigenvalue weighted by Gasteiger charge is -2.45. The Labute approximate surface area is 219 Å². The third-order valence-electron chi connectivity index (χ3n) is 11.1. The van der Waals surface area contributed by atoms with Gasteiger partial charge in [0.25, 0.3) is 0 Å². The number of rotatable bonds is 6. The molecule has 0 radical (unpaired) electrons. The van der Waals surface area contributed by atoms with E-state index in [9.17, 15) is 0 Å². The van der Waals surface area contributed by atoms with Crippen LogP contribution in [-0.2, 0) is 0 Å². The van der Waals surface area contributed by atoms with E-state index < -0.39 is 0 Å². The summed E-state index contributed by atoms with van der Waals surface area (Å²) in [5.41, 5.74) is 9.83. The van der Waals surface area contributed by atoms with Gasteiger partial charge in [-0.05, 0) is 63.2 Å². The fourth-order valence-corrected chi connectivity index (χ4v) is 4.50. The van der Waals surface area contributed by atoms with E-state index >= 15 is 0 Å². The summed E-state index contributed by atoms with van der Waals surface area (Å²) in [6, 6.07) is 0. The molecule has 0 aliphatic rings. The predicted molar refractivity (Wildman–Crippen MR) is 163 cm³/mol. The molecule has 0 aromatic heterocycles. The molecule has 0 aromatic carbocycles. The summed E-state index contributed by atoms with van der Waals surface area (Å²) >= 11 is 0. The lowest BCUT2D eigenvalue weighted by Crippen LogP contribution is -2.34. The van der Waals surface area contributed by atoms with Crippen LogP contribution in [0.2, 0.25) is 0 Å². The maximum absolute atomic E-state index is 2.42. The van der Waals surface area contributed by atoms with Crippen molar-refractivity contribution in [2.45, 2.75) is 153 Å². The second-order valence-electron chi connectivity index (χ2n) is 14.8. The average Bonchev–Trinajstić information content (AvgIpc) is 2.61. The second kappa shape index (κ2) is 11.1. The third kappa shape index (κ3) is 6.70. The molecule has 0 aliphatic carbocycles. The van der Waals surface area contributed by atoms with Crippen molar-refractivity contribution in [3.8, 4) is 0 Å². The van der Waals surface area contributed by atoms with Gasteiger partial charge in [0, 0.05) is 10.8 Å². The minimum atomic E-state index is 0.